The third-order valence-corrected chi connectivity index (χ3v) is 6.25. The molecular weight excluding hydrogens is 555 g/mol. The zero-order valence-corrected chi connectivity index (χ0v) is 21.5. The van der Waals surface area contributed by atoms with Crippen molar-refractivity contribution in [3.63, 3.8) is 0 Å². The summed E-state index contributed by atoms with van der Waals surface area (Å²) in [6.45, 7) is -2.74. The van der Waals surface area contributed by atoms with Crippen molar-refractivity contribution in [2.75, 3.05) is 33.0 Å². The zero-order chi connectivity index (χ0) is 28.4. The summed E-state index contributed by atoms with van der Waals surface area (Å²) in [6.07, 6.45) is -11.2. The van der Waals surface area contributed by atoms with Crippen LogP contribution in [0.15, 0.2) is 23.3 Å². The van der Waals surface area contributed by atoms with Gasteiger partial charge in [-0.05, 0) is 18.2 Å². The molecule has 1 amide bonds. The van der Waals surface area contributed by atoms with E-state index in [1.54, 1.807) is 0 Å². The fraction of sp³-hybridized carbons (Fsp3) is 0.636. The van der Waals surface area contributed by atoms with Crippen LogP contribution < -0.4 is 10.2 Å². The van der Waals surface area contributed by atoms with Gasteiger partial charge in [0.15, 0.2) is 6.61 Å². The topological polar surface area (TPSA) is 231 Å². The van der Waals surface area contributed by atoms with Gasteiger partial charge < -0.3 is 55.1 Å². The summed E-state index contributed by atoms with van der Waals surface area (Å²) in [6, 6.07) is 4.41. The average Bonchev–Trinajstić information content (AvgIpc) is 2.89. The molecule has 0 bridgehead atoms. The normalized spacial score (nSPS) is 27.1. The van der Waals surface area contributed by atoms with E-state index in [1.165, 1.54) is 18.2 Å². The Labute approximate surface area is 227 Å². The van der Waals surface area contributed by atoms with E-state index >= 15 is 0 Å². The molecule has 9 atom stereocenters. The first-order chi connectivity index (χ1) is 18.0. The maximum absolute atomic E-state index is 11.9. The van der Waals surface area contributed by atoms with Gasteiger partial charge in [0.05, 0.1) is 49.9 Å². The molecule has 0 radical (unpaired) electrons. The molecule has 16 heteroatoms. The molecule has 0 saturated carbocycles. The summed E-state index contributed by atoms with van der Waals surface area (Å²) in [7, 11) is 0. The van der Waals surface area contributed by atoms with Crippen LogP contribution in [-0.4, -0.2) is 135 Å². The van der Waals surface area contributed by atoms with Crippen LogP contribution in [0, 0.1) is 5.92 Å². The largest absolute Gasteiger partial charge is 0.482 e. The summed E-state index contributed by atoms with van der Waals surface area (Å²) < 4.78 is 15.9. The van der Waals surface area contributed by atoms with Crippen LogP contribution in [0.2, 0.25) is 10.0 Å². The Kier molecular flexibility index (Phi) is 13.5. The number of benzene rings is 1. The molecule has 9 unspecified atom stereocenters. The Hall–Kier alpha value is -1.66. The minimum Gasteiger partial charge on any atom is -0.482 e. The molecule has 1 aliphatic heterocycles. The molecule has 38 heavy (non-hydrogen) atoms. The number of hydrogen-bond donors (Lipinski definition) is 9. The van der Waals surface area contributed by atoms with Crippen LogP contribution in [0.4, 0.5) is 0 Å². The first-order valence-electron chi connectivity index (χ1n) is 11.4. The number of hydrogen-bond acceptors (Lipinski definition) is 13. The highest BCUT2D eigenvalue weighted by atomic mass is 35.5. The molecule has 1 heterocycles. The van der Waals surface area contributed by atoms with E-state index in [9.17, 15) is 45.6 Å². The standard InChI is InChI=1S/C22H32Cl2N2O12/c23-10-1-2-15(12(24)3-10)37-9-18(31)26-25-4-13(29)19(32)11(14(30)5-27)7-36-8-17-21(34)22(35)20(33)16(6-28)38-17/h1-4,11,13-14,16-17,19-22,27-30,32-35H,5-9H2,(H,26,31). The van der Waals surface area contributed by atoms with E-state index in [4.69, 9.17) is 37.4 Å². The molecule has 0 aromatic heterocycles. The second kappa shape index (κ2) is 15.8. The lowest BCUT2D eigenvalue weighted by molar-refractivity contribution is -0.240. The van der Waals surface area contributed by atoms with E-state index in [0.717, 1.165) is 6.21 Å². The van der Waals surface area contributed by atoms with Gasteiger partial charge in [-0.15, -0.1) is 0 Å². The van der Waals surface area contributed by atoms with E-state index in [2.05, 4.69) is 10.5 Å². The maximum Gasteiger partial charge on any atom is 0.277 e. The van der Waals surface area contributed by atoms with Crippen molar-refractivity contribution >= 4 is 35.3 Å². The number of nitrogens with zero attached hydrogens (tertiary/aromatic N) is 1. The Morgan fingerprint density at radius 1 is 1.11 bits per heavy atom. The van der Waals surface area contributed by atoms with Gasteiger partial charge in [0.1, 0.15) is 42.4 Å². The molecule has 2 rings (SSSR count). The first kappa shape index (κ1) is 32.6. The van der Waals surface area contributed by atoms with Gasteiger partial charge in [0.25, 0.3) is 5.91 Å². The van der Waals surface area contributed by atoms with Crippen molar-refractivity contribution in [2.24, 2.45) is 11.0 Å². The highest BCUT2D eigenvalue weighted by molar-refractivity contribution is 6.35. The Bertz CT molecular complexity index is 911. The quantitative estimate of drug-likeness (QED) is 0.0785. The second-order valence-electron chi connectivity index (χ2n) is 8.48. The number of aliphatic hydroxyl groups is 8. The van der Waals surface area contributed by atoms with Gasteiger partial charge in [-0.2, -0.15) is 5.10 Å². The molecular formula is C22H32Cl2N2O12. The van der Waals surface area contributed by atoms with Crippen molar-refractivity contribution in [3.8, 4) is 5.75 Å². The van der Waals surface area contributed by atoms with Crippen molar-refractivity contribution in [1.82, 2.24) is 5.43 Å². The number of rotatable bonds is 14. The predicted molar refractivity (Wildman–Crippen MR) is 132 cm³/mol. The molecule has 1 saturated heterocycles. The van der Waals surface area contributed by atoms with Crippen LogP contribution >= 0.6 is 23.2 Å². The van der Waals surface area contributed by atoms with Gasteiger partial charge in [-0.25, -0.2) is 5.43 Å². The van der Waals surface area contributed by atoms with E-state index < -0.39 is 87.1 Å². The Balaban J connectivity index is 1.86. The Morgan fingerprint density at radius 3 is 2.42 bits per heavy atom. The number of aliphatic hydroxyl groups excluding tert-OH is 8. The summed E-state index contributed by atoms with van der Waals surface area (Å²) in [5.74, 6) is -1.78. The number of amides is 1. The summed E-state index contributed by atoms with van der Waals surface area (Å²) in [4.78, 5) is 11.9. The van der Waals surface area contributed by atoms with E-state index in [1.807, 2.05) is 0 Å². The number of nitrogens with one attached hydrogen (secondary N) is 1. The highest BCUT2D eigenvalue weighted by Crippen LogP contribution is 2.27. The number of ether oxygens (including phenoxy) is 3. The minimum absolute atomic E-state index is 0.189. The lowest BCUT2D eigenvalue weighted by atomic mass is 9.93. The predicted octanol–water partition coefficient (Wildman–Crippen LogP) is -2.98. The SMILES string of the molecule is O=C(COc1ccc(Cl)cc1Cl)NN=CC(O)C(O)C(COCC1OC(CO)C(O)C(O)C1O)C(O)CO. The van der Waals surface area contributed by atoms with Gasteiger partial charge in [-0.3, -0.25) is 4.79 Å². The van der Waals surface area contributed by atoms with Crippen LogP contribution in [0.25, 0.3) is 0 Å². The lowest BCUT2D eigenvalue weighted by Crippen LogP contribution is -2.59. The fourth-order valence-corrected chi connectivity index (χ4v) is 3.97. The molecule has 1 fully saturated rings. The van der Waals surface area contributed by atoms with Crippen molar-refractivity contribution < 1.29 is 59.9 Å². The van der Waals surface area contributed by atoms with Crippen molar-refractivity contribution in [1.29, 1.82) is 0 Å². The van der Waals surface area contributed by atoms with E-state index in [-0.39, 0.29) is 17.4 Å². The highest BCUT2D eigenvalue weighted by Gasteiger charge is 2.43. The summed E-state index contributed by atoms with van der Waals surface area (Å²) >= 11 is 11.7. The smallest absolute Gasteiger partial charge is 0.277 e. The third-order valence-electron chi connectivity index (χ3n) is 5.72. The molecule has 216 valence electrons. The van der Waals surface area contributed by atoms with E-state index in [0.29, 0.717) is 5.02 Å². The van der Waals surface area contributed by atoms with Crippen LogP contribution in [0.5, 0.6) is 5.75 Å². The van der Waals surface area contributed by atoms with Gasteiger partial charge >= 0.3 is 0 Å². The number of carbonyl (C=O) groups is 1. The number of halogens is 2. The lowest BCUT2D eigenvalue weighted by Gasteiger charge is -2.40. The number of hydrazone groups is 1. The van der Waals surface area contributed by atoms with Crippen molar-refractivity contribution in [2.45, 2.75) is 48.8 Å². The average molecular weight is 587 g/mol. The summed E-state index contributed by atoms with van der Waals surface area (Å²) in [5.41, 5.74) is 2.07. The van der Waals surface area contributed by atoms with Crippen LogP contribution in [-0.2, 0) is 14.3 Å². The zero-order valence-electron chi connectivity index (χ0n) is 20.0. The third kappa shape index (κ3) is 9.22. The minimum atomic E-state index is -1.73. The molecule has 9 N–H and O–H groups in total. The maximum atomic E-state index is 11.9. The van der Waals surface area contributed by atoms with Gasteiger partial charge in [0, 0.05) is 10.9 Å². The molecule has 0 aliphatic carbocycles. The molecule has 14 nitrogen and oxygen atoms in total. The van der Waals surface area contributed by atoms with Crippen LogP contribution in [0.3, 0.4) is 0 Å². The van der Waals surface area contributed by atoms with Gasteiger partial charge in [0.2, 0.25) is 0 Å². The molecule has 1 aromatic rings. The Morgan fingerprint density at radius 2 is 1.79 bits per heavy atom. The fourth-order valence-electron chi connectivity index (χ4n) is 3.50. The van der Waals surface area contributed by atoms with Gasteiger partial charge in [-0.1, -0.05) is 23.2 Å². The molecule has 1 aromatic carbocycles. The monoisotopic (exact) mass is 586 g/mol. The second-order valence-corrected chi connectivity index (χ2v) is 9.32. The molecule has 1 aliphatic rings. The number of carbonyl (C=O) groups excluding carboxylic acids is 1. The summed E-state index contributed by atoms with van der Waals surface area (Å²) in [5, 5.41) is 83.1. The first-order valence-corrected chi connectivity index (χ1v) is 12.2. The van der Waals surface area contributed by atoms with Crippen LogP contribution in [0.1, 0.15) is 0 Å². The van der Waals surface area contributed by atoms with Crippen molar-refractivity contribution in [3.05, 3.63) is 28.2 Å². The molecule has 0 spiro atoms.